The minimum absolute atomic E-state index is 0. The zero-order valence-electron chi connectivity index (χ0n) is 8.37. The Morgan fingerprint density at radius 2 is 1.88 bits per heavy atom. The molecule has 1 heterocycles. The monoisotopic (exact) mass is 361 g/mol. The summed E-state index contributed by atoms with van der Waals surface area (Å²) in [5, 5.41) is 1.88. The summed E-state index contributed by atoms with van der Waals surface area (Å²) in [4.78, 5) is 3.90. The van der Waals surface area contributed by atoms with Gasteiger partial charge in [-0.3, -0.25) is 0 Å². The quantitative estimate of drug-likeness (QED) is 0.669. The van der Waals surface area contributed by atoms with Crippen LogP contribution < -0.4 is 5.73 Å². The van der Waals surface area contributed by atoms with Crippen LogP contribution in [0.1, 0.15) is 0 Å². The molecule has 0 saturated heterocycles. The van der Waals surface area contributed by atoms with Crippen molar-refractivity contribution in [3.05, 3.63) is 40.6 Å². The van der Waals surface area contributed by atoms with Gasteiger partial charge >= 0.3 is 22.4 Å². The summed E-state index contributed by atoms with van der Waals surface area (Å²) in [6.45, 7) is 0. The van der Waals surface area contributed by atoms with E-state index >= 15 is 0 Å². The normalized spacial score (nSPS) is 10.6. The molecule has 2 aromatic rings. The predicted octanol–water partition coefficient (Wildman–Crippen LogP) is 2.12. The number of anilines is 1. The average Bonchev–Trinajstić information content (AvgIpc) is 2.70. The summed E-state index contributed by atoms with van der Waals surface area (Å²) in [7, 11) is -3.68. The van der Waals surface area contributed by atoms with Crippen molar-refractivity contribution in [3.8, 4) is 0 Å². The average molecular weight is 362 g/mol. The fourth-order valence-corrected chi connectivity index (χ4v) is 2.73. The van der Waals surface area contributed by atoms with Crippen LogP contribution in [0.3, 0.4) is 0 Å². The minimum atomic E-state index is -3.68. The molecule has 0 atom stereocenters. The molecule has 0 saturated carbocycles. The molecule has 8 heteroatoms. The first-order valence-electron chi connectivity index (χ1n) is 4.31. The van der Waals surface area contributed by atoms with Gasteiger partial charge in [-0.25, -0.2) is 8.42 Å². The van der Waals surface area contributed by atoms with E-state index < -0.39 is 10.0 Å². The second-order valence-electron chi connectivity index (χ2n) is 2.95. The van der Waals surface area contributed by atoms with Gasteiger partial charge in [0.2, 0.25) is 10.0 Å². The molecule has 2 N–H and O–H groups in total. The second-order valence-corrected chi connectivity index (χ2v) is 5.43. The number of nitrogens with zero attached hydrogens (tertiary/aromatic N) is 2. The number of thiazole rings is 1. The van der Waals surface area contributed by atoms with Crippen LogP contribution >= 0.6 is 11.3 Å². The van der Waals surface area contributed by atoms with Crippen molar-refractivity contribution in [2.24, 2.45) is 0 Å². The standard InChI is InChI=1S/C9H8N3O2S2.Ag/c10-7-1-3-8(4-2-7)16(13,14)12-9-11-5-6-15-9;/h1-6H,10H2;/q-1;+1. The molecule has 94 valence electrons. The van der Waals surface area contributed by atoms with Crippen LogP contribution in [0.15, 0.2) is 40.7 Å². The summed E-state index contributed by atoms with van der Waals surface area (Å²) in [5.74, 6) is 0. The molecule has 0 bridgehead atoms. The van der Waals surface area contributed by atoms with E-state index in [4.69, 9.17) is 5.73 Å². The molecule has 1 aromatic carbocycles. The van der Waals surface area contributed by atoms with Crippen molar-refractivity contribution < 1.29 is 30.8 Å². The Labute approximate surface area is 119 Å². The molecule has 0 aliphatic rings. The fourth-order valence-electron chi connectivity index (χ4n) is 1.06. The number of rotatable bonds is 3. The molecular weight excluding hydrogens is 354 g/mol. The van der Waals surface area contributed by atoms with E-state index in [-0.39, 0.29) is 32.4 Å². The van der Waals surface area contributed by atoms with Crippen LogP contribution in [0.4, 0.5) is 10.8 Å². The number of nitrogen functional groups attached to an aromatic ring is 1. The number of benzene rings is 1. The topological polar surface area (TPSA) is 87.2 Å². The van der Waals surface area contributed by atoms with Crippen molar-refractivity contribution >= 4 is 32.2 Å². The number of hydrogen-bond acceptors (Lipinski definition) is 5. The molecule has 0 aliphatic heterocycles. The maximum atomic E-state index is 11.8. The zero-order valence-corrected chi connectivity index (χ0v) is 11.5. The van der Waals surface area contributed by atoms with Crippen LogP contribution in [0.5, 0.6) is 0 Å². The molecular formula is C9H8AgN3O2S2. The molecule has 5 nitrogen and oxygen atoms in total. The van der Waals surface area contributed by atoms with Gasteiger partial charge in [0.1, 0.15) is 0 Å². The summed E-state index contributed by atoms with van der Waals surface area (Å²) in [6.07, 6.45) is 1.50. The maximum absolute atomic E-state index is 11.8. The molecule has 17 heavy (non-hydrogen) atoms. The molecule has 1 aromatic heterocycles. The van der Waals surface area contributed by atoms with Gasteiger partial charge in [-0.1, -0.05) is 6.20 Å². The Morgan fingerprint density at radius 1 is 1.24 bits per heavy atom. The van der Waals surface area contributed by atoms with Crippen molar-refractivity contribution in [1.29, 1.82) is 0 Å². The van der Waals surface area contributed by atoms with Gasteiger partial charge in [-0.15, -0.1) is 0 Å². The first-order valence-corrected chi connectivity index (χ1v) is 6.63. The van der Waals surface area contributed by atoms with Gasteiger partial charge in [0.25, 0.3) is 0 Å². The smallest absolute Gasteiger partial charge is 0.433 e. The van der Waals surface area contributed by atoms with Crippen LogP contribution in [0.25, 0.3) is 4.72 Å². The van der Waals surface area contributed by atoms with Crippen LogP contribution in [0.2, 0.25) is 0 Å². The van der Waals surface area contributed by atoms with E-state index in [0.717, 1.165) is 0 Å². The SMILES string of the molecule is Nc1ccc(S(=O)(=O)[N-]c2nccs2)cc1.[Ag+]. The molecule has 0 spiro atoms. The Balaban J connectivity index is 0.00000144. The number of nitrogens with two attached hydrogens (primary N) is 1. The van der Waals surface area contributed by atoms with Crippen molar-refractivity contribution in [1.82, 2.24) is 4.98 Å². The maximum Gasteiger partial charge on any atom is 1.00 e. The van der Waals surface area contributed by atoms with E-state index in [1.807, 2.05) is 0 Å². The van der Waals surface area contributed by atoms with E-state index in [1.165, 1.54) is 41.8 Å². The summed E-state index contributed by atoms with van der Waals surface area (Å²) >= 11 is 1.17. The van der Waals surface area contributed by atoms with Gasteiger partial charge in [0, 0.05) is 10.8 Å². The molecule has 0 amide bonds. The van der Waals surface area contributed by atoms with Gasteiger partial charge in [-0.05, 0) is 29.6 Å². The fraction of sp³-hybridized carbons (Fsp3) is 0. The van der Waals surface area contributed by atoms with Crippen molar-refractivity contribution in [2.75, 3.05) is 5.73 Å². The largest absolute Gasteiger partial charge is 1.00 e. The Kier molecular flexibility index (Phi) is 4.72. The number of aromatic nitrogens is 1. The third-order valence-electron chi connectivity index (χ3n) is 1.80. The third-order valence-corrected chi connectivity index (χ3v) is 3.86. The van der Waals surface area contributed by atoms with E-state index in [0.29, 0.717) is 5.69 Å². The number of hydrogen-bond donors (Lipinski definition) is 1. The van der Waals surface area contributed by atoms with Crippen LogP contribution in [-0.2, 0) is 32.4 Å². The van der Waals surface area contributed by atoms with E-state index in [2.05, 4.69) is 9.71 Å². The van der Waals surface area contributed by atoms with E-state index in [1.54, 1.807) is 5.38 Å². The Hall–Kier alpha value is -0.860. The van der Waals surface area contributed by atoms with Gasteiger partial charge in [0.15, 0.2) is 0 Å². The zero-order chi connectivity index (χ0) is 11.6. The predicted molar refractivity (Wildman–Crippen MR) is 63.2 cm³/mol. The van der Waals surface area contributed by atoms with Crippen LogP contribution in [0, 0.1) is 0 Å². The Bertz CT molecular complexity index is 567. The first-order chi connectivity index (χ1) is 7.58. The van der Waals surface area contributed by atoms with E-state index in [9.17, 15) is 8.42 Å². The minimum Gasteiger partial charge on any atom is -0.433 e. The molecule has 2 rings (SSSR count). The number of sulfonamides is 1. The van der Waals surface area contributed by atoms with Crippen molar-refractivity contribution in [2.45, 2.75) is 4.90 Å². The van der Waals surface area contributed by atoms with Crippen molar-refractivity contribution in [3.63, 3.8) is 0 Å². The third kappa shape index (κ3) is 3.55. The van der Waals surface area contributed by atoms with Gasteiger partial charge in [0.05, 0.1) is 4.90 Å². The molecule has 0 aliphatic carbocycles. The summed E-state index contributed by atoms with van der Waals surface area (Å²) in [6, 6.07) is 5.87. The van der Waals surface area contributed by atoms with Gasteiger partial charge in [-0.2, -0.15) is 11.3 Å². The van der Waals surface area contributed by atoms with Gasteiger partial charge < -0.3 is 15.4 Å². The summed E-state index contributed by atoms with van der Waals surface area (Å²) < 4.78 is 27.1. The molecule has 0 fully saturated rings. The summed E-state index contributed by atoms with van der Waals surface area (Å²) in [5.41, 5.74) is 5.98. The first kappa shape index (κ1) is 14.2. The second kappa shape index (κ2) is 5.65. The molecule has 0 radical (unpaired) electrons. The van der Waals surface area contributed by atoms with Crippen LogP contribution in [-0.4, -0.2) is 13.4 Å². The molecule has 0 unspecified atom stereocenters. The Morgan fingerprint density at radius 3 is 2.41 bits per heavy atom.